The summed E-state index contributed by atoms with van der Waals surface area (Å²) < 4.78 is 11.4. The Morgan fingerprint density at radius 2 is 1.84 bits per heavy atom. The highest BCUT2D eigenvalue weighted by Gasteiger charge is 2.29. The first-order valence-corrected chi connectivity index (χ1v) is 15.9. The van der Waals surface area contributed by atoms with Gasteiger partial charge in [0.2, 0.25) is 11.8 Å². The van der Waals surface area contributed by atoms with Crippen LogP contribution in [0, 0.1) is 0 Å². The molecule has 1 aliphatic heterocycles. The quantitative estimate of drug-likeness (QED) is 0.248. The van der Waals surface area contributed by atoms with Gasteiger partial charge in [-0.2, -0.15) is 0 Å². The van der Waals surface area contributed by atoms with E-state index in [1.54, 1.807) is 30.0 Å². The van der Waals surface area contributed by atoms with Crippen molar-refractivity contribution in [3.8, 4) is 5.75 Å². The van der Waals surface area contributed by atoms with Gasteiger partial charge in [0.1, 0.15) is 11.9 Å². The van der Waals surface area contributed by atoms with Crippen LogP contribution in [0.3, 0.4) is 0 Å². The van der Waals surface area contributed by atoms with Gasteiger partial charge in [-0.25, -0.2) is 0 Å². The van der Waals surface area contributed by atoms with E-state index in [0.717, 1.165) is 44.1 Å². The molecule has 3 amide bonds. The Labute approximate surface area is 260 Å². The normalized spacial score (nSPS) is 17.4. The van der Waals surface area contributed by atoms with Crippen molar-refractivity contribution in [2.45, 2.75) is 95.9 Å². The smallest absolute Gasteiger partial charge is 0.293 e. The van der Waals surface area contributed by atoms with Crippen molar-refractivity contribution in [1.82, 2.24) is 16.0 Å². The molecular weight excluding hydrogens is 560 g/mol. The van der Waals surface area contributed by atoms with Crippen molar-refractivity contribution in [1.29, 1.82) is 0 Å². The molecule has 238 valence electrons. The van der Waals surface area contributed by atoms with Crippen LogP contribution >= 0.6 is 0 Å². The first kappa shape index (κ1) is 33.0. The van der Waals surface area contributed by atoms with Gasteiger partial charge in [0, 0.05) is 42.9 Å². The summed E-state index contributed by atoms with van der Waals surface area (Å²) in [5.41, 5.74) is 1.90. The third-order valence-electron chi connectivity index (χ3n) is 8.28. The molecule has 1 heterocycles. The van der Waals surface area contributed by atoms with E-state index in [9.17, 15) is 19.2 Å². The number of hydrogen-bond acceptors (Lipinski definition) is 7. The van der Waals surface area contributed by atoms with Crippen LogP contribution in [0.5, 0.6) is 5.75 Å². The molecule has 44 heavy (non-hydrogen) atoms. The summed E-state index contributed by atoms with van der Waals surface area (Å²) in [6.45, 7) is 5.37. The minimum atomic E-state index is -0.763. The van der Waals surface area contributed by atoms with Crippen molar-refractivity contribution in [2.24, 2.45) is 0 Å². The van der Waals surface area contributed by atoms with Gasteiger partial charge in [0.15, 0.2) is 0 Å². The lowest BCUT2D eigenvalue weighted by Crippen LogP contribution is -2.53. The summed E-state index contributed by atoms with van der Waals surface area (Å²) in [4.78, 5) is 52.5. The summed E-state index contributed by atoms with van der Waals surface area (Å²) in [6, 6.07) is 13.8. The number of nitrogens with zero attached hydrogens (tertiary/aromatic N) is 1. The Morgan fingerprint density at radius 1 is 1.07 bits per heavy atom. The van der Waals surface area contributed by atoms with E-state index in [2.05, 4.69) is 16.0 Å². The van der Waals surface area contributed by atoms with E-state index in [1.807, 2.05) is 37.3 Å². The third kappa shape index (κ3) is 9.54. The van der Waals surface area contributed by atoms with Crippen molar-refractivity contribution < 1.29 is 28.7 Å². The zero-order valence-corrected chi connectivity index (χ0v) is 25.9. The van der Waals surface area contributed by atoms with Crippen LogP contribution in [0.1, 0.15) is 81.1 Å². The summed E-state index contributed by atoms with van der Waals surface area (Å²) in [5.74, 6) is 0.0359. The second-order valence-electron chi connectivity index (χ2n) is 11.7. The average Bonchev–Trinajstić information content (AvgIpc) is 3.48. The molecule has 10 heteroatoms. The molecule has 1 saturated heterocycles. The lowest BCUT2D eigenvalue weighted by molar-refractivity contribution is -0.134. The van der Waals surface area contributed by atoms with E-state index in [4.69, 9.17) is 9.47 Å². The molecule has 2 aromatic carbocycles. The number of hydrogen-bond donors (Lipinski definition) is 3. The molecule has 0 radical (unpaired) electrons. The molecule has 0 spiro atoms. The van der Waals surface area contributed by atoms with Gasteiger partial charge in [-0.1, -0.05) is 56.5 Å². The second-order valence-corrected chi connectivity index (χ2v) is 11.7. The predicted octanol–water partition coefficient (Wildman–Crippen LogP) is 3.91. The van der Waals surface area contributed by atoms with Crippen LogP contribution in [-0.2, 0) is 25.5 Å². The molecule has 1 aliphatic carbocycles. The number of carbonyl (C=O) groups excluding carboxylic acids is 4. The lowest BCUT2D eigenvalue weighted by Gasteiger charge is -2.29. The molecule has 10 nitrogen and oxygen atoms in total. The van der Waals surface area contributed by atoms with Gasteiger partial charge in [-0.3, -0.25) is 19.2 Å². The number of amides is 3. The number of rotatable bonds is 16. The van der Waals surface area contributed by atoms with Gasteiger partial charge in [-0.05, 0) is 56.7 Å². The molecule has 2 aromatic rings. The highest BCUT2D eigenvalue weighted by molar-refractivity contribution is 5.99. The number of ether oxygens (including phenoxy) is 2. The largest absolute Gasteiger partial charge is 0.494 e. The first-order chi connectivity index (χ1) is 21.4. The topological polar surface area (TPSA) is 126 Å². The standard InChI is InChI=1S/C34H46N4O6/c1-3-17-43-29-20-26(19-28(21-29)38-16-10-15-32(38)40)34(42)37-30(18-25-11-6-4-7-12-25)31(44-23-39)22-35-24(2)33(41)36-27-13-8-5-9-14-27/h4,6-7,11-12,19-21,23-24,27,30-31,35H,3,5,8-10,13-18,22H2,1-2H3,(H,36,41)(H,37,42)/t24-,30-,31+/m0/s1. The molecule has 4 rings (SSSR count). The Morgan fingerprint density at radius 3 is 2.52 bits per heavy atom. The van der Waals surface area contributed by atoms with E-state index in [0.29, 0.717) is 49.5 Å². The molecular formula is C34H46N4O6. The fourth-order valence-electron chi connectivity index (χ4n) is 5.81. The van der Waals surface area contributed by atoms with Crippen molar-refractivity contribution in [3.63, 3.8) is 0 Å². The first-order valence-electron chi connectivity index (χ1n) is 15.9. The monoisotopic (exact) mass is 606 g/mol. The number of carbonyl (C=O) groups is 4. The highest BCUT2D eigenvalue weighted by atomic mass is 16.5. The Hall–Kier alpha value is -3.92. The molecule has 0 unspecified atom stereocenters. The van der Waals surface area contributed by atoms with Crippen LogP contribution < -0.4 is 25.6 Å². The SMILES string of the molecule is CCCOc1cc(C(=O)N[C@@H](Cc2ccccc2)[C@@H](CN[C@@H](C)C(=O)NC2CCCCC2)OC=O)cc(N2CCCC2=O)c1. The number of anilines is 1. The minimum Gasteiger partial charge on any atom is -0.494 e. The summed E-state index contributed by atoms with van der Waals surface area (Å²) in [6.07, 6.45) is 7.05. The minimum absolute atomic E-state index is 0.0121. The molecule has 2 fully saturated rings. The number of nitrogens with one attached hydrogen (secondary N) is 3. The van der Waals surface area contributed by atoms with E-state index < -0.39 is 18.2 Å². The fourth-order valence-corrected chi connectivity index (χ4v) is 5.81. The predicted molar refractivity (Wildman–Crippen MR) is 169 cm³/mol. The maximum atomic E-state index is 13.8. The zero-order chi connectivity index (χ0) is 31.3. The molecule has 0 bridgehead atoms. The number of benzene rings is 2. The highest BCUT2D eigenvalue weighted by Crippen LogP contribution is 2.28. The fraction of sp³-hybridized carbons (Fsp3) is 0.529. The Bertz CT molecular complexity index is 1250. The van der Waals surface area contributed by atoms with Crippen LogP contribution in [0.4, 0.5) is 5.69 Å². The third-order valence-corrected chi connectivity index (χ3v) is 8.28. The molecule has 3 N–H and O–H groups in total. The summed E-state index contributed by atoms with van der Waals surface area (Å²) >= 11 is 0. The molecule has 3 atom stereocenters. The van der Waals surface area contributed by atoms with Gasteiger partial charge < -0.3 is 30.3 Å². The zero-order valence-electron chi connectivity index (χ0n) is 25.9. The molecule has 1 saturated carbocycles. The Balaban J connectivity index is 1.52. The Kier molecular flexibility index (Phi) is 12.6. The lowest BCUT2D eigenvalue weighted by atomic mass is 9.95. The van der Waals surface area contributed by atoms with Crippen molar-refractivity contribution in [2.75, 3.05) is 24.6 Å². The van der Waals surface area contributed by atoms with E-state index >= 15 is 0 Å². The van der Waals surface area contributed by atoms with Crippen LogP contribution in [0.15, 0.2) is 48.5 Å². The van der Waals surface area contributed by atoms with E-state index in [1.165, 1.54) is 6.42 Å². The average molecular weight is 607 g/mol. The van der Waals surface area contributed by atoms with E-state index in [-0.39, 0.29) is 30.3 Å². The van der Waals surface area contributed by atoms with Gasteiger partial charge in [-0.15, -0.1) is 0 Å². The van der Waals surface area contributed by atoms with Gasteiger partial charge in [0.25, 0.3) is 12.4 Å². The second kappa shape index (κ2) is 16.8. The maximum Gasteiger partial charge on any atom is 0.293 e. The van der Waals surface area contributed by atoms with Gasteiger partial charge in [0.05, 0.1) is 18.7 Å². The summed E-state index contributed by atoms with van der Waals surface area (Å²) in [5, 5.41) is 9.41. The molecule has 0 aromatic heterocycles. The van der Waals surface area contributed by atoms with Crippen molar-refractivity contribution in [3.05, 3.63) is 59.7 Å². The van der Waals surface area contributed by atoms with Crippen LogP contribution in [0.2, 0.25) is 0 Å². The summed E-state index contributed by atoms with van der Waals surface area (Å²) in [7, 11) is 0. The maximum absolute atomic E-state index is 13.8. The van der Waals surface area contributed by atoms with Gasteiger partial charge >= 0.3 is 0 Å². The van der Waals surface area contributed by atoms with Crippen LogP contribution in [0.25, 0.3) is 0 Å². The van der Waals surface area contributed by atoms with Crippen molar-refractivity contribution >= 4 is 29.9 Å². The van der Waals surface area contributed by atoms with Crippen LogP contribution in [-0.4, -0.2) is 68.1 Å². The molecule has 2 aliphatic rings.